The van der Waals surface area contributed by atoms with Crippen molar-refractivity contribution in [2.24, 2.45) is 17.1 Å². The van der Waals surface area contributed by atoms with Gasteiger partial charge in [0.2, 0.25) is 0 Å². The second-order valence-electron chi connectivity index (χ2n) is 4.08. The fourth-order valence-corrected chi connectivity index (χ4v) is 1.89. The Hall–Kier alpha value is -0.570. The molecule has 1 aliphatic carbocycles. The first-order valence-electron chi connectivity index (χ1n) is 4.49. The molecule has 70 valence electrons. The minimum atomic E-state index is -0.713. The Labute approximate surface area is 72.9 Å². The molecule has 1 atom stereocenters. The number of carboxylic acids is 1. The molecule has 0 aliphatic heterocycles. The van der Waals surface area contributed by atoms with Crippen LogP contribution in [0.2, 0.25) is 0 Å². The second-order valence-corrected chi connectivity index (χ2v) is 4.08. The van der Waals surface area contributed by atoms with E-state index >= 15 is 0 Å². The summed E-state index contributed by atoms with van der Waals surface area (Å²) in [4.78, 5) is 11.0. The number of carboxylic acid groups (broad SMARTS) is 1. The van der Waals surface area contributed by atoms with Crippen LogP contribution in [0.1, 0.15) is 33.1 Å². The topological polar surface area (TPSA) is 63.3 Å². The van der Waals surface area contributed by atoms with Crippen molar-refractivity contribution in [1.29, 1.82) is 0 Å². The third kappa shape index (κ3) is 1.22. The van der Waals surface area contributed by atoms with Gasteiger partial charge in [0.1, 0.15) is 0 Å². The molecule has 1 aliphatic rings. The quantitative estimate of drug-likeness (QED) is 0.671. The maximum absolute atomic E-state index is 11.0. The van der Waals surface area contributed by atoms with Crippen molar-refractivity contribution in [2.75, 3.05) is 0 Å². The standard InChI is InChI=1S/C9H17NO2/c1-6(2)7(10)9(8(11)12)4-3-5-9/h6-7H,3-5,10H2,1-2H3,(H,11,12). The maximum atomic E-state index is 11.0. The average Bonchev–Trinajstić information content (AvgIpc) is 1.83. The molecule has 0 aromatic rings. The Morgan fingerprint density at radius 1 is 1.50 bits per heavy atom. The van der Waals surface area contributed by atoms with Crippen LogP contribution in [-0.4, -0.2) is 17.1 Å². The van der Waals surface area contributed by atoms with Crippen LogP contribution in [-0.2, 0) is 4.79 Å². The van der Waals surface area contributed by atoms with Gasteiger partial charge in [-0.1, -0.05) is 20.3 Å². The van der Waals surface area contributed by atoms with Gasteiger partial charge in [-0.15, -0.1) is 0 Å². The van der Waals surface area contributed by atoms with E-state index in [0.717, 1.165) is 19.3 Å². The molecule has 1 unspecified atom stereocenters. The van der Waals surface area contributed by atoms with Gasteiger partial charge in [0, 0.05) is 6.04 Å². The molecule has 0 amide bonds. The number of hydrogen-bond donors (Lipinski definition) is 2. The highest BCUT2D eigenvalue weighted by Crippen LogP contribution is 2.45. The van der Waals surface area contributed by atoms with Crippen LogP contribution in [0.15, 0.2) is 0 Å². The molecule has 0 aromatic heterocycles. The molecule has 0 saturated heterocycles. The lowest BCUT2D eigenvalue weighted by Crippen LogP contribution is -2.54. The predicted molar refractivity (Wildman–Crippen MR) is 46.7 cm³/mol. The van der Waals surface area contributed by atoms with Crippen molar-refractivity contribution in [1.82, 2.24) is 0 Å². The molecular formula is C9H17NO2. The van der Waals surface area contributed by atoms with E-state index in [0.29, 0.717) is 0 Å². The lowest BCUT2D eigenvalue weighted by molar-refractivity contribution is -0.157. The Morgan fingerprint density at radius 3 is 2.08 bits per heavy atom. The van der Waals surface area contributed by atoms with Gasteiger partial charge in [-0.2, -0.15) is 0 Å². The minimum Gasteiger partial charge on any atom is -0.481 e. The summed E-state index contributed by atoms with van der Waals surface area (Å²) in [5.41, 5.74) is 5.27. The highest BCUT2D eigenvalue weighted by molar-refractivity contribution is 5.76. The fourth-order valence-electron chi connectivity index (χ4n) is 1.89. The second kappa shape index (κ2) is 3.05. The highest BCUT2D eigenvalue weighted by atomic mass is 16.4. The first-order chi connectivity index (χ1) is 5.50. The third-order valence-electron chi connectivity index (χ3n) is 3.03. The molecule has 1 fully saturated rings. The number of aliphatic carboxylic acids is 1. The van der Waals surface area contributed by atoms with Gasteiger partial charge in [0.15, 0.2) is 0 Å². The normalized spacial score (nSPS) is 23.3. The largest absolute Gasteiger partial charge is 0.481 e. The summed E-state index contributed by atoms with van der Waals surface area (Å²) in [7, 11) is 0. The first kappa shape index (κ1) is 9.52. The van der Waals surface area contributed by atoms with E-state index in [2.05, 4.69) is 0 Å². The lowest BCUT2D eigenvalue weighted by atomic mass is 9.62. The predicted octanol–water partition coefficient (Wildman–Crippen LogP) is 1.22. The number of nitrogens with two attached hydrogens (primary N) is 1. The summed E-state index contributed by atoms with van der Waals surface area (Å²) in [5, 5.41) is 9.02. The van der Waals surface area contributed by atoms with E-state index in [-0.39, 0.29) is 12.0 Å². The SMILES string of the molecule is CC(C)C(N)C1(C(=O)O)CCC1. The van der Waals surface area contributed by atoms with Crippen molar-refractivity contribution in [3.8, 4) is 0 Å². The van der Waals surface area contributed by atoms with Gasteiger partial charge in [0.25, 0.3) is 0 Å². The zero-order chi connectivity index (χ0) is 9.35. The molecular weight excluding hydrogens is 154 g/mol. The van der Waals surface area contributed by atoms with Crippen LogP contribution >= 0.6 is 0 Å². The van der Waals surface area contributed by atoms with Crippen LogP contribution in [0.4, 0.5) is 0 Å². The molecule has 0 spiro atoms. The van der Waals surface area contributed by atoms with E-state index in [1.165, 1.54) is 0 Å². The van der Waals surface area contributed by atoms with Gasteiger partial charge in [0.05, 0.1) is 5.41 Å². The van der Waals surface area contributed by atoms with Gasteiger partial charge in [-0.05, 0) is 18.8 Å². The molecule has 1 saturated carbocycles. The fraction of sp³-hybridized carbons (Fsp3) is 0.889. The molecule has 0 bridgehead atoms. The zero-order valence-electron chi connectivity index (χ0n) is 7.71. The van der Waals surface area contributed by atoms with Crippen molar-refractivity contribution < 1.29 is 9.90 Å². The summed E-state index contributed by atoms with van der Waals surface area (Å²) >= 11 is 0. The van der Waals surface area contributed by atoms with Crippen LogP contribution in [0.25, 0.3) is 0 Å². The molecule has 3 heteroatoms. The van der Waals surface area contributed by atoms with Crippen molar-refractivity contribution in [2.45, 2.75) is 39.2 Å². The summed E-state index contributed by atoms with van der Waals surface area (Å²) in [5.74, 6) is -0.462. The van der Waals surface area contributed by atoms with Gasteiger partial charge < -0.3 is 10.8 Å². The number of hydrogen-bond acceptors (Lipinski definition) is 2. The number of carbonyl (C=O) groups is 1. The molecule has 1 rings (SSSR count). The van der Waals surface area contributed by atoms with E-state index in [1.807, 2.05) is 13.8 Å². The zero-order valence-corrected chi connectivity index (χ0v) is 7.71. The monoisotopic (exact) mass is 171 g/mol. The van der Waals surface area contributed by atoms with Crippen molar-refractivity contribution >= 4 is 5.97 Å². The maximum Gasteiger partial charge on any atom is 0.311 e. The summed E-state index contributed by atoms with van der Waals surface area (Å²) in [6.45, 7) is 3.96. The van der Waals surface area contributed by atoms with E-state index in [4.69, 9.17) is 10.8 Å². The van der Waals surface area contributed by atoms with Crippen LogP contribution in [0.5, 0.6) is 0 Å². The van der Waals surface area contributed by atoms with E-state index in [9.17, 15) is 4.79 Å². The Balaban J connectivity index is 2.73. The van der Waals surface area contributed by atoms with Gasteiger partial charge >= 0.3 is 5.97 Å². The Morgan fingerprint density at radius 2 is 2.00 bits per heavy atom. The van der Waals surface area contributed by atoms with Gasteiger partial charge in [-0.3, -0.25) is 4.79 Å². The molecule has 0 aromatic carbocycles. The smallest absolute Gasteiger partial charge is 0.311 e. The van der Waals surface area contributed by atoms with E-state index in [1.54, 1.807) is 0 Å². The highest BCUT2D eigenvalue weighted by Gasteiger charge is 2.49. The van der Waals surface area contributed by atoms with E-state index < -0.39 is 11.4 Å². The molecule has 0 radical (unpaired) electrons. The molecule has 3 N–H and O–H groups in total. The molecule has 3 nitrogen and oxygen atoms in total. The van der Waals surface area contributed by atoms with Crippen molar-refractivity contribution in [3.63, 3.8) is 0 Å². The van der Waals surface area contributed by atoms with Crippen LogP contribution in [0.3, 0.4) is 0 Å². The van der Waals surface area contributed by atoms with Crippen LogP contribution in [0, 0.1) is 11.3 Å². The molecule has 12 heavy (non-hydrogen) atoms. The van der Waals surface area contributed by atoms with Gasteiger partial charge in [-0.25, -0.2) is 0 Å². The summed E-state index contributed by atoms with van der Waals surface area (Å²) < 4.78 is 0. The minimum absolute atomic E-state index is 0.191. The first-order valence-corrected chi connectivity index (χ1v) is 4.49. The third-order valence-corrected chi connectivity index (χ3v) is 3.03. The number of rotatable bonds is 3. The Bertz CT molecular complexity index is 185. The van der Waals surface area contributed by atoms with Crippen molar-refractivity contribution in [3.05, 3.63) is 0 Å². The Kier molecular flexibility index (Phi) is 2.42. The van der Waals surface area contributed by atoms with Crippen LogP contribution < -0.4 is 5.73 Å². The average molecular weight is 171 g/mol. The summed E-state index contributed by atoms with van der Waals surface area (Å²) in [6.07, 6.45) is 2.51. The summed E-state index contributed by atoms with van der Waals surface area (Å²) in [6, 6.07) is -0.191. The lowest BCUT2D eigenvalue weighted by Gasteiger charge is -2.44. The molecule has 0 heterocycles.